The molecule has 16 heavy (non-hydrogen) atoms. The molecule has 1 aromatic carbocycles. The molecule has 0 bridgehead atoms. The quantitative estimate of drug-likeness (QED) is 0.859. The van der Waals surface area contributed by atoms with Crippen molar-refractivity contribution >= 4 is 17.5 Å². The molecule has 0 saturated carbocycles. The van der Waals surface area contributed by atoms with Crippen molar-refractivity contribution < 1.29 is 4.79 Å². The maximum Gasteiger partial charge on any atom is 0.230 e. The van der Waals surface area contributed by atoms with E-state index in [0.717, 1.165) is 12.0 Å². The Morgan fingerprint density at radius 3 is 2.69 bits per heavy atom. The molecular weight excluding hydrogens is 222 g/mol. The average Bonchev–Trinajstić information content (AvgIpc) is 2.25. The van der Waals surface area contributed by atoms with E-state index < -0.39 is 5.41 Å². The van der Waals surface area contributed by atoms with Crippen LogP contribution < -0.4 is 5.32 Å². The zero-order valence-corrected chi connectivity index (χ0v) is 10.8. The predicted molar refractivity (Wildman–Crippen MR) is 67.8 cm³/mol. The summed E-state index contributed by atoms with van der Waals surface area (Å²) in [5.41, 5.74) is 0.397. The van der Waals surface area contributed by atoms with Crippen molar-refractivity contribution in [2.75, 3.05) is 6.54 Å². The molecule has 0 aliphatic heterocycles. The van der Waals surface area contributed by atoms with Crippen LogP contribution in [0.15, 0.2) is 24.3 Å². The third kappa shape index (κ3) is 2.99. The number of benzene rings is 1. The van der Waals surface area contributed by atoms with Crippen molar-refractivity contribution in [1.82, 2.24) is 5.32 Å². The number of hydrogen-bond acceptors (Lipinski definition) is 1. The zero-order valence-electron chi connectivity index (χ0n) is 10.0. The first kappa shape index (κ1) is 13.0. The van der Waals surface area contributed by atoms with Crippen LogP contribution >= 0.6 is 11.6 Å². The van der Waals surface area contributed by atoms with E-state index in [4.69, 9.17) is 11.6 Å². The van der Waals surface area contributed by atoms with Crippen LogP contribution in [0.2, 0.25) is 5.02 Å². The number of rotatable bonds is 4. The van der Waals surface area contributed by atoms with Crippen molar-refractivity contribution in [3.63, 3.8) is 0 Å². The summed E-state index contributed by atoms with van der Waals surface area (Å²) in [6.07, 6.45) is 0.942. The van der Waals surface area contributed by atoms with E-state index in [0.29, 0.717) is 11.6 Å². The van der Waals surface area contributed by atoms with Gasteiger partial charge < -0.3 is 5.32 Å². The Hall–Kier alpha value is -1.02. The minimum atomic E-state index is -0.542. The Bertz CT molecular complexity index is 374. The summed E-state index contributed by atoms with van der Waals surface area (Å²) in [4.78, 5) is 12.0. The Morgan fingerprint density at radius 2 is 2.12 bits per heavy atom. The lowest BCUT2D eigenvalue weighted by atomic mass is 9.84. The molecule has 0 saturated heterocycles. The largest absolute Gasteiger partial charge is 0.355 e. The minimum Gasteiger partial charge on any atom is -0.355 e. The van der Waals surface area contributed by atoms with Gasteiger partial charge in [0.1, 0.15) is 0 Å². The fourth-order valence-corrected chi connectivity index (χ4v) is 1.66. The number of carbonyl (C=O) groups excluding carboxylic acids is 1. The first-order valence-electron chi connectivity index (χ1n) is 5.53. The summed E-state index contributed by atoms with van der Waals surface area (Å²) in [6.45, 7) is 6.56. The van der Waals surface area contributed by atoms with Crippen LogP contribution in [0.1, 0.15) is 32.8 Å². The summed E-state index contributed by atoms with van der Waals surface area (Å²) in [5, 5.41) is 3.57. The Balaban J connectivity index is 2.88. The molecule has 0 heterocycles. The summed E-state index contributed by atoms with van der Waals surface area (Å²) in [7, 11) is 0. The van der Waals surface area contributed by atoms with Gasteiger partial charge in [0.05, 0.1) is 5.41 Å². The molecule has 0 atom stereocenters. The third-order valence-electron chi connectivity index (χ3n) is 2.65. The molecule has 1 aromatic rings. The summed E-state index contributed by atoms with van der Waals surface area (Å²) in [6, 6.07) is 7.45. The van der Waals surface area contributed by atoms with E-state index in [2.05, 4.69) is 5.32 Å². The van der Waals surface area contributed by atoms with Gasteiger partial charge in [-0.15, -0.1) is 0 Å². The third-order valence-corrected chi connectivity index (χ3v) is 2.88. The van der Waals surface area contributed by atoms with Crippen LogP contribution in [0.25, 0.3) is 0 Å². The lowest BCUT2D eigenvalue weighted by Gasteiger charge is -2.24. The normalized spacial score (nSPS) is 11.2. The van der Waals surface area contributed by atoms with Crippen LogP contribution in [-0.2, 0) is 10.2 Å². The molecule has 0 aromatic heterocycles. The second kappa shape index (κ2) is 5.35. The average molecular weight is 240 g/mol. The molecule has 1 rings (SSSR count). The Labute approximate surface area is 102 Å². The van der Waals surface area contributed by atoms with Gasteiger partial charge in [0.25, 0.3) is 0 Å². The second-order valence-electron chi connectivity index (χ2n) is 4.39. The molecular formula is C13H18ClNO. The van der Waals surface area contributed by atoms with Crippen LogP contribution in [0.4, 0.5) is 0 Å². The fourth-order valence-electron chi connectivity index (χ4n) is 1.47. The van der Waals surface area contributed by atoms with Gasteiger partial charge in [-0.2, -0.15) is 0 Å². The highest BCUT2D eigenvalue weighted by Crippen LogP contribution is 2.25. The molecule has 0 aliphatic rings. The predicted octanol–water partition coefficient (Wildman–Crippen LogP) is 3.14. The maximum atomic E-state index is 12.0. The number of nitrogens with one attached hydrogen (secondary N) is 1. The van der Waals surface area contributed by atoms with Gasteiger partial charge in [0.2, 0.25) is 5.91 Å². The van der Waals surface area contributed by atoms with Crippen LogP contribution in [-0.4, -0.2) is 12.5 Å². The molecule has 1 N–H and O–H groups in total. The van der Waals surface area contributed by atoms with Crippen LogP contribution in [0, 0.1) is 0 Å². The summed E-state index contributed by atoms with van der Waals surface area (Å²) < 4.78 is 0. The molecule has 2 nitrogen and oxygen atoms in total. The van der Waals surface area contributed by atoms with Gasteiger partial charge in [0, 0.05) is 11.6 Å². The highest BCUT2D eigenvalue weighted by atomic mass is 35.5. The molecule has 88 valence electrons. The van der Waals surface area contributed by atoms with Gasteiger partial charge in [-0.1, -0.05) is 30.7 Å². The number of carbonyl (C=O) groups is 1. The van der Waals surface area contributed by atoms with E-state index in [1.807, 2.05) is 45.0 Å². The minimum absolute atomic E-state index is 0.0385. The molecule has 3 heteroatoms. The summed E-state index contributed by atoms with van der Waals surface area (Å²) >= 11 is 5.93. The van der Waals surface area contributed by atoms with Crippen molar-refractivity contribution in [2.24, 2.45) is 0 Å². The molecule has 0 unspecified atom stereocenters. The zero-order chi connectivity index (χ0) is 12.2. The molecule has 1 amide bonds. The van der Waals surface area contributed by atoms with Crippen LogP contribution in [0.3, 0.4) is 0 Å². The first-order chi connectivity index (χ1) is 7.48. The van der Waals surface area contributed by atoms with E-state index in [1.54, 1.807) is 0 Å². The summed E-state index contributed by atoms with van der Waals surface area (Å²) in [5.74, 6) is 0.0385. The maximum absolute atomic E-state index is 12.0. The van der Waals surface area contributed by atoms with E-state index in [9.17, 15) is 4.79 Å². The van der Waals surface area contributed by atoms with Gasteiger partial charge in [-0.05, 0) is 38.0 Å². The van der Waals surface area contributed by atoms with Crippen molar-refractivity contribution in [3.8, 4) is 0 Å². The number of amides is 1. The van der Waals surface area contributed by atoms with E-state index >= 15 is 0 Å². The van der Waals surface area contributed by atoms with E-state index in [1.165, 1.54) is 0 Å². The topological polar surface area (TPSA) is 29.1 Å². The molecule has 0 radical (unpaired) electrons. The standard InChI is InChI=1S/C13H18ClNO/c1-4-8-15-12(16)13(2,3)10-6-5-7-11(14)9-10/h5-7,9H,4,8H2,1-3H3,(H,15,16). The lowest BCUT2D eigenvalue weighted by molar-refractivity contribution is -0.125. The van der Waals surface area contributed by atoms with Crippen molar-refractivity contribution in [2.45, 2.75) is 32.6 Å². The van der Waals surface area contributed by atoms with E-state index in [-0.39, 0.29) is 5.91 Å². The molecule has 0 fully saturated rings. The Morgan fingerprint density at radius 1 is 1.44 bits per heavy atom. The van der Waals surface area contributed by atoms with Crippen LogP contribution in [0.5, 0.6) is 0 Å². The smallest absolute Gasteiger partial charge is 0.230 e. The Kier molecular flexibility index (Phi) is 4.36. The lowest BCUT2D eigenvalue weighted by Crippen LogP contribution is -2.40. The molecule has 0 spiro atoms. The SMILES string of the molecule is CCCNC(=O)C(C)(C)c1cccc(Cl)c1. The van der Waals surface area contributed by atoms with Crippen molar-refractivity contribution in [1.29, 1.82) is 0 Å². The molecule has 0 aliphatic carbocycles. The van der Waals surface area contributed by atoms with Gasteiger partial charge in [-0.3, -0.25) is 4.79 Å². The number of hydrogen-bond donors (Lipinski definition) is 1. The van der Waals surface area contributed by atoms with Crippen molar-refractivity contribution in [3.05, 3.63) is 34.9 Å². The fraction of sp³-hybridized carbons (Fsp3) is 0.462. The van der Waals surface area contributed by atoms with Gasteiger partial charge in [-0.25, -0.2) is 0 Å². The second-order valence-corrected chi connectivity index (χ2v) is 4.83. The van der Waals surface area contributed by atoms with Gasteiger partial charge >= 0.3 is 0 Å². The highest BCUT2D eigenvalue weighted by Gasteiger charge is 2.29. The number of halogens is 1. The monoisotopic (exact) mass is 239 g/mol. The highest BCUT2D eigenvalue weighted by molar-refractivity contribution is 6.30. The van der Waals surface area contributed by atoms with Gasteiger partial charge in [0.15, 0.2) is 0 Å². The first-order valence-corrected chi connectivity index (χ1v) is 5.90.